The van der Waals surface area contributed by atoms with Crippen molar-refractivity contribution in [2.24, 2.45) is 0 Å². The van der Waals surface area contributed by atoms with Gasteiger partial charge in [-0.2, -0.15) is 0 Å². The first kappa shape index (κ1) is 17.7. The van der Waals surface area contributed by atoms with Gasteiger partial charge in [0.05, 0.1) is 19.1 Å². The molecule has 2 heterocycles. The summed E-state index contributed by atoms with van der Waals surface area (Å²) in [6.07, 6.45) is 3.07. The first-order valence-corrected chi connectivity index (χ1v) is 7.92. The third-order valence-corrected chi connectivity index (χ3v) is 3.67. The molecule has 0 radical (unpaired) electrons. The molecule has 6 heteroatoms. The van der Waals surface area contributed by atoms with Crippen molar-refractivity contribution in [3.05, 3.63) is 85.0 Å². The maximum absolute atomic E-state index is 12.5. The van der Waals surface area contributed by atoms with Crippen molar-refractivity contribution in [2.45, 2.75) is 33.6 Å². The molecule has 0 spiro atoms. The summed E-state index contributed by atoms with van der Waals surface area (Å²) in [5.41, 5.74) is 0.549. The van der Waals surface area contributed by atoms with Gasteiger partial charge in [-0.15, -0.1) is 0 Å². The largest absolute Gasteiger partial charge is 0.345 e. The number of imidazole rings is 1. The second kappa shape index (κ2) is 7.39. The van der Waals surface area contributed by atoms with Crippen LogP contribution in [0.3, 0.4) is 0 Å². The van der Waals surface area contributed by atoms with Crippen LogP contribution in [0, 0.1) is 0 Å². The van der Waals surface area contributed by atoms with Crippen LogP contribution in [0.15, 0.2) is 46.2 Å². The van der Waals surface area contributed by atoms with Crippen molar-refractivity contribution in [1.82, 2.24) is 19.9 Å². The SMILES string of the molecule is C.[2H]/C(c1[nH]cnc1C(C)(C)C)=c1/[nH]c(=O)/c(=C/c2ccccc2)[nH]c1=O. The van der Waals surface area contributed by atoms with Gasteiger partial charge < -0.3 is 15.0 Å². The Bertz CT molecular complexity index is 1170. The molecule has 0 unspecified atom stereocenters. The van der Waals surface area contributed by atoms with Gasteiger partial charge in [-0.05, 0) is 17.7 Å². The summed E-state index contributed by atoms with van der Waals surface area (Å²) in [5, 5.41) is 0.0355. The number of aromatic amines is 3. The number of hydrogen-bond donors (Lipinski definition) is 3. The first-order chi connectivity index (χ1) is 12.3. The molecule has 6 nitrogen and oxygen atoms in total. The van der Waals surface area contributed by atoms with Crippen LogP contribution < -0.4 is 21.8 Å². The Morgan fingerprint density at radius 2 is 1.65 bits per heavy atom. The molecule has 0 bridgehead atoms. The third-order valence-electron chi connectivity index (χ3n) is 3.67. The lowest BCUT2D eigenvalue weighted by Crippen LogP contribution is -2.46. The molecule has 0 fully saturated rings. The minimum atomic E-state index is -0.536. The van der Waals surface area contributed by atoms with E-state index in [9.17, 15) is 9.59 Å². The first-order valence-electron chi connectivity index (χ1n) is 8.42. The number of rotatable bonds is 2. The van der Waals surface area contributed by atoms with Gasteiger partial charge in [0.15, 0.2) is 0 Å². The number of H-pyrrole nitrogens is 3. The molecule has 0 saturated heterocycles. The van der Waals surface area contributed by atoms with Crippen LogP contribution in [0.4, 0.5) is 0 Å². The molecule has 26 heavy (non-hydrogen) atoms. The minimum Gasteiger partial charge on any atom is -0.345 e. The van der Waals surface area contributed by atoms with Crippen LogP contribution in [-0.4, -0.2) is 19.9 Å². The van der Waals surface area contributed by atoms with E-state index in [1.54, 1.807) is 6.08 Å². The van der Waals surface area contributed by atoms with E-state index in [0.29, 0.717) is 11.4 Å². The van der Waals surface area contributed by atoms with Gasteiger partial charge in [-0.1, -0.05) is 58.5 Å². The lowest BCUT2D eigenvalue weighted by atomic mass is 9.90. The molecule has 1 aromatic carbocycles. The van der Waals surface area contributed by atoms with Gasteiger partial charge in [0.25, 0.3) is 11.1 Å². The molecule has 3 rings (SSSR count). The molecule has 3 aromatic rings. The molecule has 0 aliphatic carbocycles. The highest BCUT2D eigenvalue weighted by Crippen LogP contribution is 2.22. The van der Waals surface area contributed by atoms with Gasteiger partial charge in [0, 0.05) is 5.41 Å². The summed E-state index contributed by atoms with van der Waals surface area (Å²) < 4.78 is 8.37. The molecule has 0 saturated carbocycles. The van der Waals surface area contributed by atoms with Crippen LogP contribution in [0.25, 0.3) is 12.1 Å². The fraction of sp³-hybridized carbons (Fsp3) is 0.250. The molecular weight excluding hydrogens is 328 g/mol. The Morgan fingerprint density at radius 3 is 2.31 bits per heavy atom. The van der Waals surface area contributed by atoms with Crippen molar-refractivity contribution in [1.29, 1.82) is 0 Å². The van der Waals surface area contributed by atoms with Crippen LogP contribution in [0.2, 0.25) is 0 Å². The van der Waals surface area contributed by atoms with E-state index in [4.69, 9.17) is 1.37 Å². The highest BCUT2D eigenvalue weighted by atomic mass is 16.1. The average Bonchev–Trinajstić information content (AvgIpc) is 3.08. The number of benzene rings is 1. The molecule has 3 N–H and O–H groups in total. The van der Waals surface area contributed by atoms with E-state index >= 15 is 0 Å². The molecule has 2 aromatic heterocycles. The lowest BCUT2D eigenvalue weighted by Gasteiger charge is -2.16. The second-order valence-corrected chi connectivity index (χ2v) is 6.75. The van der Waals surface area contributed by atoms with Gasteiger partial charge in [-0.25, -0.2) is 4.98 Å². The van der Waals surface area contributed by atoms with Crippen molar-refractivity contribution >= 4 is 12.1 Å². The Balaban J connectivity index is 0.00000261. The smallest absolute Gasteiger partial charge is 0.272 e. The van der Waals surface area contributed by atoms with E-state index in [1.807, 2.05) is 51.1 Å². The van der Waals surface area contributed by atoms with Crippen molar-refractivity contribution in [2.75, 3.05) is 0 Å². The van der Waals surface area contributed by atoms with Crippen LogP contribution in [0.1, 0.15) is 46.5 Å². The standard InChI is InChI=1S/C19H20N4O2.CH4/c1-19(2,3)16-13(20-11-21-16)10-15-18(25)22-14(17(24)23-15)9-12-7-5-4-6-8-12;/h4-11H,1-3H3,(H,20,21)(H,22,25)(H,23,24);1H4/b14-9-,15-10-;/i10D;. The molecule has 0 aliphatic rings. The summed E-state index contributed by atoms with van der Waals surface area (Å²) >= 11 is 0. The zero-order valence-corrected chi connectivity index (χ0v) is 14.3. The van der Waals surface area contributed by atoms with E-state index in [2.05, 4.69) is 19.9 Å². The van der Waals surface area contributed by atoms with Gasteiger partial charge in [0.1, 0.15) is 10.7 Å². The summed E-state index contributed by atoms with van der Waals surface area (Å²) in [6, 6.07) is 9.11. The Hall–Kier alpha value is -3.15. The molecule has 0 amide bonds. The van der Waals surface area contributed by atoms with Crippen LogP contribution in [-0.2, 0) is 5.41 Å². The summed E-state index contributed by atoms with van der Waals surface area (Å²) in [5.74, 6) is 0. The normalized spacial score (nSPS) is 13.8. The number of nitrogens with one attached hydrogen (secondary N) is 3. The molecular formula is C20H24N4O2. The third kappa shape index (κ3) is 4.08. The van der Waals surface area contributed by atoms with Crippen LogP contribution in [0.5, 0.6) is 0 Å². The fourth-order valence-electron chi connectivity index (χ4n) is 2.47. The monoisotopic (exact) mass is 353 g/mol. The topological polar surface area (TPSA) is 94.4 Å². The predicted octanol–water partition coefficient (Wildman–Crippen LogP) is 1.38. The Labute approximate surface area is 152 Å². The lowest BCUT2D eigenvalue weighted by molar-refractivity contribution is 0.571. The minimum absolute atomic E-state index is 0. The second-order valence-electron chi connectivity index (χ2n) is 6.75. The molecule has 0 atom stereocenters. The highest BCUT2D eigenvalue weighted by Gasteiger charge is 2.19. The van der Waals surface area contributed by atoms with E-state index in [1.165, 1.54) is 6.33 Å². The zero-order valence-electron chi connectivity index (χ0n) is 15.3. The molecule has 136 valence electrons. The summed E-state index contributed by atoms with van der Waals surface area (Å²) in [6.45, 7) is 5.89. The zero-order chi connectivity index (χ0) is 18.9. The van der Waals surface area contributed by atoms with Gasteiger partial charge in [0.2, 0.25) is 0 Å². The Kier molecular flexibility index (Phi) is 5.02. The van der Waals surface area contributed by atoms with Crippen molar-refractivity contribution in [3.63, 3.8) is 0 Å². The van der Waals surface area contributed by atoms with E-state index < -0.39 is 11.1 Å². The van der Waals surface area contributed by atoms with E-state index in [-0.39, 0.29) is 29.6 Å². The number of nitrogens with zero attached hydrogens (tertiary/aromatic N) is 1. The maximum Gasteiger partial charge on any atom is 0.272 e. The predicted molar refractivity (Wildman–Crippen MR) is 105 cm³/mol. The quantitative estimate of drug-likeness (QED) is 0.649. The number of aromatic nitrogens is 4. The number of hydrogen-bond acceptors (Lipinski definition) is 3. The van der Waals surface area contributed by atoms with Gasteiger partial charge >= 0.3 is 0 Å². The molecule has 0 aliphatic heterocycles. The van der Waals surface area contributed by atoms with Crippen molar-refractivity contribution in [3.8, 4) is 0 Å². The average molecular weight is 353 g/mol. The van der Waals surface area contributed by atoms with Crippen molar-refractivity contribution < 1.29 is 1.37 Å². The highest BCUT2D eigenvalue weighted by molar-refractivity contribution is 5.49. The Morgan fingerprint density at radius 1 is 1.04 bits per heavy atom. The fourth-order valence-corrected chi connectivity index (χ4v) is 2.47. The van der Waals surface area contributed by atoms with Gasteiger partial charge in [-0.3, -0.25) is 9.59 Å². The van der Waals surface area contributed by atoms with Crippen LogP contribution >= 0.6 is 0 Å². The summed E-state index contributed by atoms with van der Waals surface area (Å²) in [4.78, 5) is 37.1. The maximum atomic E-state index is 12.5. The summed E-state index contributed by atoms with van der Waals surface area (Å²) in [7, 11) is 0. The van der Waals surface area contributed by atoms with E-state index in [0.717, 1.165) is 5.56 Å².